The fraction of sp³-hybridized carbons (Fsp3) is 0.278. The minimum Gasteiger partial charge on any atom is -0.504 e. The summed E-state index contributed by atoms with van der Waals surface area (Å²) in [5.74, 6) is -4.43. The highest BCUT2D eigenvalue weighted by Gasteiger charge is 2.67. The molecule has 4 aliphatic rings. The van der Waals surface area contributed by atoms with Gasteiger partial charge < -0.3 is 19.9 Å². The number of imide groups is 2. The number of nitrogens with zero attached hydrogens (tertiary/aromatic N) is 2. The zero-order chi connectivity index (χ0) is 33.2. The summed E-state index contributed by atoms with van der Waals surface area (Å²) in [7, 11) is -0.316. The second-order valence-electron chi connectivity index (χ2n) is 12.8. The molecule has 7 rings (SSSR count). The number of hydrogen-bond donors (Lipinski definition) is 3. The monoisotopic (exact) mass is 632 g/mol. The van der Waals surface area contributed by atoms with Gasteiger partial charge in [-0.2, -0.15) is 0 Å². The van der Waals surface area contributed by atoms with Gasteiger partial charge in [-0.05, 0) is 73.1 Å². The molecular formula is C36H33BN2O8. The Kier molecular flexibility index (Phi) is 7.41. The highest BCUT2D eigenvalue weighted by Crippen LogP contribution is 2.61. The van der Waals surface area contributed by atoms with Crippen LogP contribution in [0.25, 0.3) is 6.08 Å². The highest BCUT2D eigenvalue weighted by atomic mass is 16.5. The maximum atomic E-state index is 14.4. The maximum Gasteiger partial charge on any atom is 0.488 e. The molecule has 10 nitrogen and oxygen atoms in total. The highest BCUT2D eigenvalue weighted by molar-refractivity contribution is 6.58. The van der Waals surface area contributed by atoms with Crippen LogP contribution in [0, 0.1) is 35.0 Å². The average molecular weight is 632 g/mol. The second-order valence-corrected chi connectivity index (χ2v) is 12.8. The number of ether oxygens (including phenoxy) is 1. The summed E-state index contributed by atoms with van der Waals surface area (Å²) in [6, 6.07) is 19.7. The average Bonchev–Trinajstić information content (AvgIpc) is 3.44. The third kappa shape index (κ3) is 4.64. The molecular weight excluding hydrogens is 599 g/mol. The number of carbonyl (C=O) groups excluding carboxylic acids is 4. The van der Waals surface area contributed by atoms with Crippen LogP contribution in [0.4, 0.5) is 11.4 Å². The lowest BCUT2D eigenvalue weighted by atomic mass is 9.52. The van der Waals surface area contributed by atoms with Gasteiger partial charge in [0.1, 0.15) is 0 Å². The number of amides is 4. The van der Waals surface area contributed by atoms with Crippen molar-refractivity contribution in [2.24, 2.45) is 35.0 Å². The molecule has 0 unspecified atom stereocenters. The van der Waals surface area contributed by atoms with Crippen LogP contribution in [-0.4, -0.2) is 53.0 Å². The van der Waals surface area contributed by atoms with Crippen LogP contribution in [0.2, 0.25) is 0 Å². The van der Waals surface area contributed by atoms with E-state index in [0.717, 1.165) is 10.5 Å². The normalized spacial score (nSPS) is 28.3. The van der Waals surface area contributed by atoms with Gasteiger partial charge in [0.15, 0.2) is 11.5 Å². The van der Waals surface area contributed by atoms with Crippen LogP contribution in [0.15, 0.2) is 90.5 Å². The van der Waals surface area contributed by atoms with E-state index < -0.39 is 48.0 Å². The summed E-state index contributed by atoms with van der Waals surface area (Å²) < 4.78 is 5.28. The SMILES string of the molecule is COc1cc(C=C[C@H]2C3=CC[C@@H]4C(=O)N(c5cccc(B(O)O)c5)C(=O)[C@@H]4[C@@H]3C[C@H]3C(=O)N(c4ccccc4)C(=O)[C@@]23C)ccc1O. The van der Waals surface area contributed by atoms with Gasteiger partial charge in [0, 0.05) is 5.92 Å². The number of phenols is 1. The van der Waals surface area contributed by atoms with Crippen LogP contribution < -0.4 is 20.0 Å². The lowest BCUT2D eigenvalue weighted by Gasteiger charge is -2.47. The van der Waals surface area contributed by atoms with E-state index in [1.54, 1.807) is 48.5 Å². The summed E-state index contributed by atoms with van der Waals surface area (Å²) in [6.07, 6.45) is 6.18. The molecule has 4 amide bonds. The first kappa shape index (κ1) is 30.6. The van der Waals surface area contributed by atoms with Crippen LogP contribution in [0.1, 0.15) is 25.3 Å². The maximum absolute atomic E-state index is 14.4. The lowest BCUT2D eigenvalue weighted by Crippen LogP contribution is -2.49. The van der Waals surface area contributed by atoms with Crippen molar-refractivity contribution >= 4 is 53.7 Å². The predicted molar refractivity (Wildman–Crippen MR) is 174 cm³/mol. The van der Waals surface area contributed by atoms with E-state index in [4.69, 9.17) is 4.74 Å². The summed E-state index contributed by atoms with van der Waals surface area (Å²) in [4.78, 5) is 59.0. The molecule has 0 spiro atoms. The first-order valence-corrected chi connectivity index (χ1v) is 15.6. The number of fused-ring (bicyclic) bond motifs is 4. The van der Waals surface area contributed by atoms with Crippen molar-refractivity contribution in [2.75, 3.05) is 16.9 Å². The van der Waals surface area contributed by atoms with Crippen molar-refractivity contribution < 1.29 is 39.1 Å². The molecule has 11 heteroatoms. The summed E-state index contributed by atoms with van der Waals surface area (Å²) in [5, 5.41) is 29.6. The fourth-order valence-corrected chi connectivity index (χ4v) is 8.13. The van der Waals surface area contributed by atoms with Gasteiger partial charge in [0.05, 0.1) is 41.7 Å². The van der Waals surface area contributed by atoms with E-state index in [-0.39, 0.29) is 53.2 Å². The van der Waals surface area contributed by atoms with E-state index in [0.29, 0.717) is 11.3 Å². The Balaban J connectivity index is 1.32. The van der Waals surface area contributed by atoms with E-state index >= 15 is 0 Å². The van der Waals surface area contributed by atoms with Gasteiger partial charge >= 0.3 is 7.12 Å². The molecule has 1 saturated carbocycles. The Labute approximate surface area is 271 Å². The van der Waals surface area contributed by atoms with Gasteiger partial charge in [0.2, 0.25) is 23.6 Å². The quantitative estimate of drug-likeness (QED) is 0.214. The van der Waals surface area contributed by atoms with E-state index in [2.05, 4.69) is 0 Å². The van der Waals surface area contributed by atoms with Crippen LogP contribution in [0.5, 0.6) is 11.5 Å². The van der Waals surface area contributed by atoms with Crippen LogP contribution >= 0.6 is 0 Å². The van der Waals surface area contributed by atoms with Gasteiger partial charge in [-0.3, -0.25) is 24.1 Å². The number of anilines is 2. The summed E-state index contributed by atoms with van der Waals surface area (Å²) in [6.45, 7) is 1.82. The number of allylic oxidation sites excluding steroid dienone is 3. The molecule has 3 fully saturated rings. The molecule has 47 heavy (non-hydrogen) atoms. The van der Waals surface area contributed by atoms with Crippen LogP contribution in [-0.2, 0) is 19.2 Å². The molecule has 0 bridgehead atoms. The van der Waals surface area contributed by atoms with Crippen molar-refractivity contribution in [3.63, 3.8) is 0 Å². The molecule has 2 saturated heterocycles. The zero-order valence-corrected chi connectivity index (χ0v) is 25.8. The Morgan fingerprint density at radius 2 is 1.62 bits per heavy atom. The van der Waals surface area contributed by atoms with Gasteiger partial charge in [-0.25, -0.2) is 4.90 Å². The first-order chi connectivity index (χ1) is 22.6. The van der Waals surface area contributed by atoms with Crippen molar-refractivity contribution in [1.29, 1.82) is 0 Å². The van der Waals surface area contributed by atoms with Crippen molar-refractivity contribution in [3.05, 3.63) is 96.1 Å². The number of benzene rings is 3. The minimum atomic E-state index is -1.77. The van der Waals surface area contributed by atoms with Crippen molar-refractivity contribution in [3.8, 4) is 11.5 Å². The minimum absolute atomic E-state index is 0.0153. The predicted octanol–water partition coefficient (Wildman–Crippen LogP) is 3.06. The molecule has 2 heterocycles. The number of aromatic hydroxyl groups is 1. The second kappa shape index (κ2) is 11.4. The topological polar surface area (TPSA) is 145 Å². The smallest absolute Gasteiger partial charge is 0.488 e. The third-order valence-electron chi connectivity index (χ3n) is 10.5. The molecule has 0 radical (unpaired) electrons. The number of carbonyl (C=O) groups is 4. The van der Waals surface area contributed by atoms with Crippen molar-refractivity contribution in [2.45, 2.75) is 19.8 Å². The standard InChI is InChI=1S/C36H33BN2O8/c1-36-27(15-11-20-12-16-29(40)30(17-20)47-2)24-13-14-25-31(34(43)38(32(25)41)23-10-6-7-21(18-23)37(45)46)26(24)19-28(36)33(42)39(35(36)44)22-8-4-3-5-9-22/h3-13,15-18,25-28,31,40,45-46H,14,19H2,1-2H3/t25-,26+,27-,28-,31-,36-/m0/s1. The van der Waals surface area contributed by atoms with Gasteiger partial charge in [-0.1, -0.05) is 60.2 Å². The van der Waals surface area contributed by atoms with E-state index in [9.17, 15) is 34.3 Å². The Hall–Kier alpha value is -5.00. The number of phenolic OH excluding ortho intramolecular Hbond substituents is 1. The Morgan fingerprint density at radius 1 is 0.872 bits per heavy atom. The molecule has 2 aliphatic carbocycles. The van der Waals surface area contributed by atoms with E-state index in [1.165, 1.54) is 30.2 Å². The van der Waals surface area contributed by atoms with Crippen LogP contribution in [0.3, 0.4) is 0 Å². The lowest BCUT2D eigenvalue weighted by molar-refractivity contribution is -0.132. The molecule has 0 aromatic heterocycles. The fourth-order valence-electron chi connectivity index (χ4n) is 8.13. The van der Waals surface area contributed by atoms with E-state index in [1.807, 2.05) is 31.2 Å². The number of methoxy groups -OCH3 is 1. The molecule has 238 valence electrons. The van der Waals surface area contributed by atoms with Gasteiger partial charge in [-0.15, -0.1) is 0 Å². The number of rotatable bonds is 6. The molecule has 3 N–H and O–H groups in total. The Bertz CT molecular complexity index is 1870. The summed E-state index contributed by atoms with van der Waals surface area (Å²) in [5.41, 5.74) is 1.25. The van der Waals surface area contributed by atoms with Crippen molar-refractivity contribution in [1.82, 2.24) is 0 Å². The third-order valence-corrected chi connectivity index (χ3v) is 10.5. The Morgan fingerprint density at radius 3 is 2.34 bits per heavy atom. The molecule has 6 atom stereocenters. The molecule has 3 aromatic rings. The first-order valence-electron chi connectivity index (χ1n) is 15.6. The number of para-hydroxylation sites is 1. The van der Waals surface area contributed by atoms with Gasteiger partial charge in [0.25, 0.3) is 0 Å². The molecule has 3 aromatic carbocycles. The molecule has 2 aliphatic heterocycles. The zero-order valence-electron chi connectivity index (χ0n) is 25.8. The largest absolute Gasteiger partial charge is 0.504 e. The summed E-state index contributed by atoms with van der Waals surface area (Å²) >= 11 is 0. The number of hydrogen-bond acceptors (Lipinski definition) is 8.